The molecule has 8 heteroatoms. The van der Waals surface area contributed by atoms with E-state index in [0.29, 0.717) is 11.3 Å². The van der Waals surface area contributed by atoms with Crippen molar-refractivity contribution in [3.8, 4) is 5.75 Å². The van der Waals surface area contributed by atoms with Gasteiger partial charge in [-0.25, -0.2) is 0 Å². The zero-order valence-corrected chi connectivity index (χ0v) is 16.6. The van der Waals surface area contributed by atoms with Crippen molar-refractivity contribution in [1.82, 2.24) is 0 Å². The molecule has 8 nitrogen and oxygen atoms in total. The van der Waals surface area contributed by atoms with E-state index < -0.39 is 17.7 Å². The largest absolute Gasteiger partial charge is 0.488 e. The third-order valence-corrected chi connectivity index (χ3v) is 4.62. The van der Waals surface area contributed by atoms with E-state index in [4.69, 9.17) is 21.9 Å². The van der Waals surface area contributed by atoms with E-state index >= 15 is 0 Å². The van der Waals surface area contributed by atoms with Crippen molar-refractivity contribution in [1.29, 1.82) is 0 Å². The number of carbonyl (C=O) groups is 3. The van der Waals surface area contributed by atoms with Gasteiger partial charge in [0.1, 0.15) is 12.4 Å². The Labute approximate surface area is 179 Å². The molecule has 0 aromatic heterocycles. The number of anilines is 1. The van der Waals surface area contributed by atoms with Crippen LogP contribution in [0.2, 0.25) is 0 Å². The Balaban J connectivity index is 1.91. The third-order valence-electron chi connectivity index (χ3n) is 4.62. The predicted octanol–water partition coefficient (Wildman–Crippen LogP) is 2.17. The molecule has 0 radical (unpaired) electrons. The predicted molar refractivity (Wildman–Crippen MR) is 117 cm³/mol. The number of hydrogen-bond donors (Lipinski definition) is 4. The van der Waals surface area contributed by atoms with Gasteiger partial charge in [-0.1, -0.05) is 48.5 Å². The normalized spacial score (nSPS) is 10.4. The highest BCUT2D eigenvalue weighted by atomic mass is 16.5. The van der Waals surface area contributed by atoms with Gasteiger partial charge in [0.15, 0.2) is 0 Å². The lowest BCUT2D eigenvalue weighted by Gasteiger charge is -2.16. The Hall–Kier alpha value is -4.17. The number of rotatable bonds is 8. The standard InChI is InChI=1S/C23H22N4O4/c24-12-15-10-11-17(20(22(26)29)19(15)21(25)28)27-23(30)16-8-4-5-9-18(16)31-13-14-6-2-1-3-7-14/h1-11H,12-13,24H2,(H2,25,28)(H2,26,29)(H,27,30). The molecular weight excluding hydrogens is 396 g/mol. The molecule has 0 aliphatic rings. The molecule has 0 aliphatic carbocycles. The van der Waals surface area contributed by atoms with Crippen molar-refractivity contribution in [2.24, 2.45) is 17.2 Å². The van der Waals surface area contributed by atoms with Gasteiger partial charge in [0.05, 0.1) is 22.4 Å². The molecule has 7 N–H and O–H groups in total. The summed E-state index contributed by atoms with van der Waals surface area (Å²) in [5.74, 6) is -1.95. The van der Waals surface area contributed by atoms with Crippen LogP contribution in [0.3, 0.4) is 0 Å². The Morgan fingerprint density at radius 1 is 0.806 bits per heavy atom. The number of benzene rings is 3. The molecule has 31 heavy (non-hydrogen) atoms. The van der Waals surface area contributed by atoms with Crippen LogP contribution in [0.1, 0.15) is 42.2 Å². The summed E-state index contributed by atoms with van der Waals surface area (Å²) in [5.41, 5.74) is 17.8. The van der Waals surface area contributed by atoms with Crippen LogP contribution in [-0.4, -0.2) is 17.7 Å². The molecular formula is C23H22N4O4. The second kappa shape index (κ2) is 9.55. The molecule has 0 unspecified atom stereocenters. The SMILES string of the molecule is NCc1ccc(NC(=O)c2ccccc2OCc2ccccc2)c(C(N)=O)c1C(N)=O. The van der Waals surface area contributed by atoms with Gasteiger partial charge in [0.2, 0.25) is 5.91 Å². The summed E-state index contributed by atoms with van der Waals surface area (Å²) in [6.07, 6.45) is 0. The number of nitrogens with two attached hydrogens (primary N) is 3. The van der Waals surface area contributed by atoms with Crippen molar-refractivity contribution < 1.29 is 19.1 Å². The molecule has 0 saturated carbocycles. The summed E-state index contributed by atoms with van der Waals surface area (Å²) >= 11 is 0. The Bertz CT molecular complexity index is 1130. The van der Waals surface area contributed by atoms with Gasteiger partial charge >= 0.3 is 0 Å². The number of amides is 3. The first-order valence-electron chi connectivity index (χ1n) is 9.45. The maximum Gasteiger partial charge on any atom is 0.259 e. The Kier molecular flexibility index (Phi) is 6.64. The van der Waals surface area contributed by atoms with Crippen LogP contribution in [-0.2, 0) is 13.2 Å². The fourth-order valence-corrected chi connectivity index (χ4v) is 3.16. The monoisotopic (exact) mass is 418 g/mol. The van der Waals surface area contributed by atoms with E-state index in [1.165, 1.54) is 12.1 Å². The van der Waals surface area contributed by atoms with E-state index in [1.807, 2.05) is 30.3 Å². The van der Waals surface area contributed by atoms with E-state index in [1.54, 1.807) is 24.3 Å². The first-order valence-corrected chi connectivity index (χ1v) is 9.45. The molecule has 0 atom stereocenters. The lowest BCUT2D eigenvalue weighted by atomic mass is 9.97. The van der Waals surface area contributed by atoms with Crippen molar-refractivity contribution >= 4 is 23.4 Å². The van der Waals surface area contributed by atoms with Gasteiger partial charge in [-0.2, -0.15) is 0 Å². The molecule has 0 fully saturated rings. The number of hydrogen-bond acceptors (Lipinski definition) is 5. The summed E-state index contributed by atoms with van der Waals surface area (Å²) in [6, 6.07) is 19.2. The first kappa shape index (κ1) is 21.5. The number of ether oxygens (including phenoxy) is 1. The Morgan fingerprint density at radius 2 is 1.45 bits per heavy atom. The fraction of sp³-hybridized carbons (Fsp3) is 0.0870. The number of nitrogens with one attached hydrogen (secondary N) is 1. The average Bonchev–Trinajstić information content (AvgIpc) is 2.77. The highest BCUT2D eigenvalue weighted by molar-refractivity contribution is 6.14. The summed E-state index contributed by atoms with van der Waals surface area (Å²) in [4.78, 5) is 36.9. The molecule has 0 spiro atoms. The number of para-hydroxylation sites is 1. The van der Waals surface area contributed by atoms with Gasteiger partial charge in [-0.15, -0.1) is 0 Å². The average molecular weight is 418 g/mol. The zero-order chi connectivity index (χ0) is 22.4. The quantitative estimate of drug-likeness (QED) is 0.442. The van der Waals surface area contributed by atoms with Gasteiger partial charge in [0.25, 0.3) is 11.8 Å². The van der Waals surface area contributed by atoms with Crippen LogP contribution in [0.4, 0.5) is 5.69 Å². The molecule has 3 rings (SSSR count). The highest BCUT2D eigenvalue weighted by Gasteiger charge is 2.23. The molecule has 3 aromatic rings. The number of primary amides is 2. The van der Waals surface area contributed by atoms with Crippen molar-refractivity contribution in [2.75, 3.05) is 5.32 Å². The van der Waals surface area contributed by atoms with Crippen LogP contribution >= 0.6 is 0 Å². The van der Waals surface area contributed by atoms with Gasteiger partial charge in [0, 0.05) is 6.54 Å². The van der Waals surface area contributed by atoms with Crippen LogP contribution in [0.5, 0.6) is 5.75 Å². The molecule has 3 aromatic carbocycles. The van der Waals surface area contributed by atoms with Crippen molar-refractivity contribution in [3.05, 3.63) is 94.5 Å². The van der Waals surface area contributed by atoms with E-state index in [-0.39, 0.29) is 35.5 Å². The van der Waals surface area contributed by atoms with Crippen LogP contribution in [0.15, 0.2) is 66.7 Å². The molecule has 0 bridgehead atoms. The summed E-state index contributed by atoms with van der Waals surface area (Å²) in [5, 5.41) is 2.62. The second-order valence-corrected chi connectivity index (χ2v) is 6.68. The molecule has 0 heterocycles. The number of carbonyl (C=O) groups excluding carboxylic acids is 3. The fourth-order valence-electron chi connectivity index (χ4n) is 3.16. The molecule has 0 aliphatic heterocycles. The maximum absolute atomic E-state index is 13.0. The van der Waals surface area contributed by atoms with Gasteiger partial charge < -0.3 is 27.3 Å². The van der Waals surface area contributed by atoms with Crippen LogP contribution < -0.4 is 27.3 Å². The summed E-state index contributed by atoms with van der Waals surface area (Å²) < 4.78 is 5.82. The topological polar surface area (TPSA) is 151 Å². The minimum atomic E-state index is -0.909. The smallest absolute Gasteiger partial charge is 0.259 e. The van der Waals surface area contributed by atoms with E-state index in [0.717, 1.165) is 5.56 Å². The van der Waals surface area contributed by atoms with Crippen LogP contribution in [0, 0.1) is 0 Å². The highest BCUT2D eigenvalue weighted by Crippen LogP contribution is 2.26. The molecule has 3 amide bonds. The van der Waals surface area contributed by atoms with Gasteiger partial charge in [-0.05, 0) is 29.3 Å². The lowest BCUT2D eigenvalue weighted by molar-refractivity contribution is 0.0966. The van der Waals surface area contributed by atoms with Crippen molar-refractivity contribution in [3.63, 3.8) is 0 Å². The zero-order valence-electron chi connectivity index (χ0n) is 16.6. The first-order chi connectivity index (χ1) is 14.9. The Morgan fingerprint density at radius 3 is 2.10 bits per heavy atom. The van der Waals surface area contributed by atoms with E-state index in [2.05, 4.69) is 5.32 Å². The van der Waals surface area contributed by atoms with Gasteiger partial charge in [-0.3, -0.25) is 14.4 Å². The molecule has 158 valence electrons. The minimum absolute atomic E-state index is 0.0249. The maximum atomic E-state index is 13.0. The third kappa shape index (κ3) is 4.88. The lowest BCUT2D eigenvalue weighted by Crippen LogP contribution is -2.26. The minimum Gasteiger partial charge on any atom is -0.488 e. The van der Waals surface area contributed by atoms with Crippen LogP contribution in [0.25, 0.3) is 0 Å². The second-order valence-electron chi connectivity index (χ2n) is 6.68. The molecule has 0 saturated heterocycles. The summed E-state index contributed by atoms with van der Waals surface area (Å²) in [6.45, 7) is 0.248. The van der Waals surface area contributed by atoms with Crippen molar-refractivity contribution in [2.45, 2.75) is 13.2 Å². The summed E-state index contributed by atoms with van der Waals surface area (Å²) in [7, 11) is 0. The van der Waals surface area contributed by atoms with E-state index in [9.17, 15) is 14.4 Å².